The Bertz CT molecular complexity index is 121. The van der Waals surface area contributed by atoms with E-state index in [-0.39, 0.29) is 6.10 Å². The summed E-state index contributed by atoms with van der Waals surface area (Å²) in [5.74, 6) is 0.450. The molecule has 13 heavy (non-hydrogen) atoms. The van der Waals surface area contributed by atoms with Gasteiger partial charge in [-0.2, -0.15) is 0 Å². The Hall–Kier alpha value is -0.120. The van der Waals surface area contributed by atoms with Crippen LogP contribution in [0.4, 0.5) is 0 Å². The topological polar surface area (TPSA) is 38.7 Å². The third kappa shape index (κ3) is 4.07. The highest BCUT2D eigenvalue weighted by atomic mass is 16.5. The number of aliphatic hydroxyl groups excluding tert-OH is 1. The van der Waals surface area contributed by atoms with Crippen LogP contribution in [0.3, 0.4) is 0 Å². The van der Waals surface area contributed by atoms with E-state index >= 15 is 0 Å². The van der Waals surface area contributed by atoms with E-state index in [2.05, 4.69) is 0 Å². The summed E-state index contributed by atoms with van der Waals surface area (Å²) >= 11 is 0. The van der Waals surface area contributed by atoms with E-state index in [4.69, 9.17) is 9.47 Å². The van der Waals surface area contributed by atoms with Gasteiger partial charge in [0.15, 0.2) is 0 Å². The van der Waals surface area contributed by atoms with Crippen LogP contribution in [0.1, 0.15) is 25.7 Å². The molecule has 1 N–H and O–H groups in total. The summed E-state index contributed by atoms with van der Waals surface area (Å²) < 4.78 is 10.2. The molecule has 0 aromatic carbocycles. The maximum Gasteiger partial charge on any atom is 0.0571 e. The molecular formula is C10H20O3. The Labute approximate surface area is 80.0 Å². The maximum absolute atomic E-state index is 9.79. The van der Waals surface area contributed by atoms with Gasteiger partial charge < -0.3 is 14.6 Å². The molecule has 1 aliphatic rings. The van der Waals surface area contributed by atoms with Crippen LogP contribution < -0.4 is 0 Å². The van der Waals surface area contributed by atoms with Crippen molar-refractivity contribution in [3.63, 3.8) is 0 Å². The van der Waals surface area contributed by atoms with Crippen LogP contribution >= 0.6 is 0 Å². The summed E-state index contributed by atoms with van der Waals surface area (Å²) in [6, 6.07) is 0. The van der Waals surface area contributed by atoms with Crippen LogP contribution in [0.25, 0.3) is 0 Å². The molecule has 1 rings (SSSR count). The number of rotatable bonds is 5. The average molecular weight is 188 g/mol. The highest BCUT2D eigenvalue weighted by molar-refractivity contribution is 4.71. The van der Waals surface area contributed by atoms with Crippen molar-refractivity contribution in [3.05, 3.63) is 0 Å². The summed E-state index contributed by atoms with van der Waals surface area (Å²) in [7, 11) is 1.70. The molecule has 78 valence electrons. The van der Waals surface area contributed by atoms with Crippen LogP contribution in [0.15, 0.2) is 0 Å². The molecule has 0 aromatic heterocycles. The molecule has 3 nitrogen and oxygen atoms in total. The number of aliphatic hydroxyl groups is 1. The minimum absolute atomic E-state index is 0.154. The highest BCUT2D eigenvalue weighted by Crippen LogP contribution is 2.21. The second-order valence-corrected chi connectivity index (χ2v) is 3.65. The van der Waals surface area contributed by atoms with E-state index in [9.17, 15) is 5.11 Å². The Morgan fingerprint density at radius 1 is 1.46 bits per heavy atom. The number of hydrogen-bond donors (Lipinski definition) is 1. The van der Waals surface area contributed by atoms with Crippen molar-refractivity contribution in [3.8, 4) is 0 Å². The van der Waals surface area contributed by atoms with Gasteiger partial charge >= 0.3 is 0 Å². The molecule has 1 heterocycles. The monoisotopic (exact) mass is 188 g/mol. The zero-order chi connectivity index (χ0) is 9.52. The normalized spacial score (nSPS) is 21.7. The quantitative estimate of drug-likeness (QED) is 0.659. The van der Waals surface area contributed by atoms with E-state index in [1.165, 1.54) is 0 Å². The van der Waals surface area contributed by atoms with Crippen molar-refractivity contribution in [1.82, 2.24) is 0 Å². The first-order valence-electron chi connectivity index (χ1n) is 5.09. The van der Waals surface area contributed by atoms with Crippen molar-refractivity contribution < 1.29 is 14.6 Å². The highest BCUT2D eigenvalue weighted by Gasteiger charge is 2.21. The van der Waals surface area contributed by atoms with Crippen molar-refractivity contribution in [2.24, 2.45) is 5.92 Å². The van der Waals surface area contributed by atoms with E-state index in [0.29, 0.717) is 5.92 Å². The molecule has 1 aliphatic heterocycles. The van der Waals surface area contributed by atoms with Crippen molar-refractivity contribution in [1.29, 1.82) is 0 Å². The Kier molecular flexibility index (Phi) is 5.35. The summed E-state index contributed by atoms with van der Waals surface area (Å²) in [6.07, 6.45) is 3.68. The van der Waals surface area contributed by atoms with Crippen LogP contribution in [0.2, 0.25) is 0 Å². The van der Waals surface area contributed by atoms with Gasteiger partial charge in [0.25, 0.3) is 0 Å². The Balaban J connectivity index is 2.09. The van der Waals surface area contributed by atoms with Gasteiger partial charge in [-0.3, -0.25) is 0 Å². The number of hydrogen-bond acceptors (Lipinski definition) is 3. The van der Waals surface area contributed by atoms with Crippen molar-refractivity contribution in [2.75, 3.05) is 26.9 Å². The van der Waals surface area contributed by atoms with Crippen LogP contribution in [-0.2, 0) is 9.47 Å². The predicted molar refractivity (Wildman–Crippen MR) is 50.7 cm³/mol. The lowest BCUT2D eigenvalue weighted by atomic mass is 9.91. The van der Waals surface area contributed by atoms with Gasteiger partial charge in [0, 0.05) is 26.9 Å². The van der Waals surface area contributed by atoms with Gasteiger partial charge in [-0.25, -0.2) is 0 Å². The van der Waals surface area contributed by atoms with Crippen molar-refractivity contribution >= 4 is 0 Å². The molecule has 0 radical (unpaired) electrons. The van der Waals surface area contributed by atoms with E-state index in [1.807, 2.05) is 0 Å². The van der Waals surface area contributed by atoms with E-state index in [0.717, 1.165) is 45.5 Å². The molecule has 1 unspecified atom stereocenters. The SMILES string of the molecule is COCCCC(O)C1CCOCC1. The molecular weight excluding hydrogens is 168 g/mol. The molecule has 3 heteroatoms. The van der Waals surface area contributed by atoms with E-state index < -0.39 is 0 Å². The first-order chi connectivity index (χ1) is 6.34. The van der Waals surface area contributed by atoms with Crippen molar-refractivity contribution in [2.45, 2.75) is 31.8 Å². The lowest BCUT2D eigenvalue weighted by Gasteiger charge is -2.26. The zero-order valence-corrected chi connectivity index (χ0v) is 8.37. The van der Waals surface area contributed by atoms with Gasteiger partial charge in [-0.1, -0.05) is 0 Å². The average Bonchev–Trinajstić information content (AvgIpc) is 2.19. The molecule has 0 spiro atoms. The van der Waals surface area contributed by atoms with Gasteiger partial charge in [-0.15, -0.1) is 0 Å². The van der Waals surface area contributed by atoms with Crippen LogP contribution in [0, 0.1) is 5.92 Å². The van der Waals surface area contributed by atoms with Crippen LogP contribution in [-0.4, -0.2) is 38.1 Å². The third-order valence-corrected chi connectivity index (χ3v) is 2.66. The molecule has 0 aromatic rings. The molecule has 0 bridgehead atoms. The maximum atomic E-state index is 9.79. The lowest BCUT2D eigenvalue weighted by molar-refractivity contribution is 0.00203. The summed E-state index contributed by atoms with van der Waals surface area (Å²) in [5.41, 5.74) is 0. The van der Waals surface area contributed by atoms with E-state index in [1.54, 1.807) is 7.11 Å². The van der Waals surface area contributed by atoms with Gasteiger partial charge in [0.1, 0.15) is 0 Å². The van der Waals surface area contributed by atoms with Gasteiger partial charge in [0.05, 0.1) is 6.10 Å². The summed E-state index contributed by atoms with van der Waals surface area (Å²) in [4.78, 5) is 0. The Morgan fingerprint density at radius 2 is 2.15 bits per heavy atom. The second kappa shape index (κ2) is 6.35. The summed E-state index contributed by atoms with van der Waals surface area (Å²) in [5, 5.41) is 9.79. The molecule has 1 atom stereocenters. The number of ether oxygens (including phenoxy) is 2. The standard InChI is InChI=1S/C10H20O3/c1-12-6-2-3-10(11)9-4-7-13-8-5-9/h9-11H,2-8H2,1H3. The minimum atomic E-state index is -0.154. The molecule has 1 saturated heterocycles. The molecule has 1 fully saturated rings. The van der Waals surface area contributed by atoms with Gasteiger partial charge in [0.2, 0.25) is 0 Å². The second-order valence-electron chi connectivity index (χ2n) is 3.65. The fourth-order valence-corrected chi connectivity index (χ4v) is 1.77. The number of methoxy groups -OCH3 is 1. The predicted octanol–water partition coefficient (Wildman–Crippen LogP) is 1.20. The molecule has 0 amide bonds. The van der Waals surface area contributed by atoms with Gasteiger partial charge in [-0.05, 0) is 31.6 Å². The fourth-order valence-electron chi connectivity index (χ4n) is 1.77. The summed E-state index contributed by atoms with van der Waals surface area (Å²) in [6.45, 7) is 2.37. The first-order valence-corrected chi connectivity index (χ1v) is 5.09. The Morgan fingerprint density at radius 3 is 2.77 bits per heavy atom. The third-order valence-electron chi connectivity index (χ3n) is 2.66. The fraction of sp³-hybridized carbons (Fsp3) is 1.00. The van der Waals surface area contributed by atoms with Crippen LogP contribution in [0.5, 0.6) is 0 Å². The molecule has 0 aliphatic carbocycles. The first kappa shape index (κ1) is 11.0. The zero-order valence-electron chi connectivity index (χ0n) is 8.37. The molecule has 0 saturated carbocycles. The smallest absolute Gasteiger partial charge is 0.0571 e. The minimum Gasteiger partial charge on any atom is -0.393 e. The lowest BCUT2D eigenvalue weighted by Crippen LogP contribution is -2.27. The largest absolute Gasteiger partial charge is 0.393 e.